The van der Waals surface area contributed by atoms with E-state index in [0.717, 1.165) is 22.7 Å². The lowest BCUT2D eigenvalue weighted by molar-refractivity contribution is 0.185. The minimum absolute atomic E-state index is 0.746. The topological polar surface area (TPSA) is 0 Å². The van der Waals surface area contributed by atoms with E-state index in [4.69, 9.17) is 0 Å². The van der Waals surface area contributed by atoms with E-state index >= 15 is 0 Å². The van der Waals surface area contributed by atoms with Crippen molar-refractivity contribution in [3.8, 4) is 0 Å². The van der Waals surface area contributed by atoms with Crippen LogP contribution in [0.4, 0.5) is 0 Å². The molecule has 0 nitrogen and oxygen atoms in total. The summed E-state index contributed by atoms with van der Waals surface area (Å²) < 4.78 is 0. The van der Waals surface area contributed by atoms with E-state index in [2.05, 4.69) is 27.7 Å². The van der Waals surface area contributed by atoms with Crippen LogP contribution in [0.3, 0.4) is 0 Å². The molecular weight excluding hydrogens is 144 g/mol. The van der Waals surface area contributed by atoms with Gasteiger partial charge in [-0.15, -0.1) is 0 Å². The molecule has 0 saturated heterocycles. The molecule has 3 unspecified atom stereocenters. The van der Waals surface area contributed by atoms with Crippen molar-refractivity contribution < 1.29 is 0 Å². The Balaban J connectivity index is 2.12. The van der Waals surface area contributed by atoms with E-state index in [-0.39, 0.29) is 0 Å². The zero-order valence-electron chi connectivity index (χ0n) is 8.98. The first-order valence-electron chi connectivity index (χ1n) is 5.59. The number of hydrogen-bond donors (Lipinski definition) is 0. The summed E-state index contributed by atoms with van der Waals surface area (Å²) in [5.41, 5.74) is 1.54. The Morgan fingerprint density at radius 1 is 1.42 bits per heavy atom. The van der Waals surface area contributed by atoms with Crippen molar-refractivity contribution in [2.45, 2.75) is 53.4 Å². The van der Waals surface area contributed by atoms with Crippen LogP contribution < -0.4 is 0 Å². The van der Waals surface area contributed by atoms with Crippen molar-refractivity contribution in [2.75, 3.05) is 0 Å². The van der Waals surface area contributed by atoms with Crippen molar-refractivity contribution in [3.63, 3.8) is 0 Å². The second kappa shape index (κ2) is 2.27. The molecule has 0 aromatic carbocycles. The molecule has 0 aromatic rings. The lowest BCUT2D eigenvalue weighted by Gasteiger charge is -2.31. The summed E-state index contributed by atoms with van der Waals surface area (Å²) in [5, 5.41) is 0. The van der Waals surface area contributed by atoms with Crippen molar-refractivity contribution in [1.82, 2.24) is 0 Å². The highest BCUT2D eigenvalue weighted by Crippen LogP contribution is 2.84. The van der Waals surface area contributed by atoms with Gasteiger partial charge in [-0.1, -0.05) is 34.1 Å². The highest BCUT2D eigenvalue weighted by molar-refractivity contribution is 5.25. The maximum atomic E-state index is 2.54. The van der Waals surface area contributed by atoms with Gasteiger partial charge in [0.05, 0.1) is 0 Å². The van der Waals surface area contributed by atoms with Crippen LogP contribution in [0.2, 0.25) is 0 Å². The fraction of sp³-hybridized carbons (Fsp3) is 1.00. The highest BCUT2D eigenvalue weighted by atomic mass is 14.8. The molecular formula is C12H22. The molecule has 0 aliphatic heterocycles. The molecule has 0 spiro atoms. The molecule has 12 heavy (non-hydrogen) atoms. The second-order valence-corrected chi connectivity index (χ2v) is 5.45. The summed E-state index contributed by atoms with van der Waals surface area (Å²) in [6.07, 6.45) is 5.89. The summed E-state index contributed by atoms with van der Waals surface area (Å²) in [6.45, 7) is 9.71. The Morgan fingerprint density at radius 2 is 2.08 bits per heavy atom. The molecule has 2 aliphatic rings. The first kappa shape index (κ1) is 8.59. The molecule has 3 atom stereocenters. The largest absolute Gasteiger partial charge is 0.0654 e. The van der Waals surface area contributed by atoms with Gasteiger partial charge in [-0.2, -0.15) is 0 Å². The lowest BCUT2D eigenvalue weighted by atomic mass is 9.74. The molecule has 0 N–H and O–H groups in total. The van der Waals surface area contributed by atoms with Crippen molar-refractivity contribution in [1.29, 1.82) is 0 Å². The quantitative estimate of drug-likeness (QED) is 0.597. The summed E-state index contributed by atoms with van der Waals surface area (Å²) in [6, 6.07) is 0. The third-order valence-electron chi connectivity index (χ3n) is 5.02. The van der Waals surface area contributed by atoms with E-state index in [1.165, 1.54) is 25.7 Å². The Hall–Kier alpha value is 0. The van der Waals surface area contributed by atoms with Crippen molar-refractivity contribution in [3.05, 3.63) is 0 Å². The molecule has 2 saturated carbocycles. The zero-order chi connectivity index (χ0) is 8.98. The van der Waals surface area contributed by atoms with Gasteiger partial charge in [-0.3, -0.25) is 0 Å². The van der Waals surface area contributed by atoms with Crippen LogP contribution in [-0.2, 0) is 0 Å². The summed E-state index contributed by atoms with van der Waals surface area (Å²) >= 11 is 0. The first-order valence-corrected chi connectivity index (χ1v) is 5.59. The van der Waals surface area contributed by atoms with Gasteiger partial charge < -0.3 is 0 Å². The van der Waals surface area contributed by atoms with Gasteiger partial charge >= 0.3 is 0 Å². The Morgan fingerprint density at radius 3 is 2.33 bits per heavy atom. The predicted molar refractivity (Wildman–Crippen MR) is 53.0 cm³/mol. The van der Waals surface area contributed by atoms with Gasteiger partial charge in [0.1, 0.15) is 0 Å². The summed E-state index contributed by atoms with van der Waals surface area (Å²) in [5.74, 6) is 2.03. The SMILES string of the molecule is CCCC1(C)C2CCC21C(C)C. The van der Waals surface area contributed by atoms with Crippen LogP contribution in [0.25, 0.3) is 0 Å². The minimum Gasteiger partial charge on any atom is -0.0654 e. The summed E-state index contributed by atoms with van der Waals surface area (Å²) in [4.78, 5) is 0. The third kappa shape index (κ3) is 0.661. The maximum Gasteiger partial charge on any atom is -0.0184 e. The van der Waals surface area contributed by atoms with Crippen molar-refractivity contribution in [2.24, 2.45) is 22.7 Å². The van der Waals surface area contributed by atoms with Gasteiger partial charge in [0.2, 0.25) is 0 Å². The van der Waals surface area contributed by atoms with Crippen LogP contribution in [-0.4, -0.2) is 0 Å². The Kier molecular flexibility index (Phi) is 1.63. The minimum atomic E-state index is 0.746. The second-order valence-electron chi connectivity index (χ2n) is 5.45. The smallest absolute Gasteiger partial charge is 0.0184 e. The fourth-order valence-electron chi connectivity index (χ4n) is 4.38. The Bertz CT molecular complexity index is 194. The van der Waals surface area contributed by atoms with Crippen LogP contribution in [0.1, 0.15) is 53.4 Å². The standard InChI is InChI=1S/C12H22/c1-5-7-11(4)10-6-8-12(10,11)9(2)3/h9-10H,5-8H2,1-4H3. The van der Waals surface area contributed by atoms with Crippen LogP contribution in [0.15, 0.2) is 0 Å². The molecule has 0 bridgehead atoms. The van der Waals surface area contributed by atoms with Crippen molar-refractivity contribution >= 4 is 0 Å². The van der Waals surface area contributed by atoms with Gasteiger partial charge in [-0.05, 0) is 41.9 Å². The normalized spacial score (nSPS) is 50.2. The number of hydrogen-bond acceptors (Lipinski definition) is 0. The van der Waals surface area contributed by atoms with E-state index in [1.807, 2.05) is 0 Å². The molecule has 2 fully saturated rings. The average Bonchev–Trinajstić information content (AvgIpc) is 2.18. The van der Waals surface area contributed by atoms with E-state index in [0.29, 0.717) is 0 Å². The van der Waals surface area contributed by atoms with Gasteiger partial charge in [0.15, 0.2) is 0 Å². The molecule has 0 amide bonds. The van der Waals surface area contributed by atoms with Gasteiger partial charge in [0.25, 0.3) is 0 Å². The maximum absolute atomic E-state index is 2.54. The predicted octanol–water partition coefficient (Wildman–Crippen LogP) is 3.86. The fourth-order valence-corrected chi connectivity index (χ4v) is 4.38. The molecule has 0 heterocycles. The van der Waals surface area contributed by atoms with Gasteiger partial charge in [0, 0.05) is 0 Å². The molecule has 2 aliphatic carbocycles. The summed E-state index contributed by atoms with van der Waals surface area (Å²) in [7, 11) is 0. The third-order valence-corrected chi connectivity index (χ3v) is 5.02. The lowest BCUT2D eigenvalue weighted by Crippen LogP contribution is -2.22. The zero-order valence-corrected chi connectivity index (χ0v) is 8.98. The first-order chi connectivity index (χ1) is 5.59. The Labute approximate surface area is 76.7 Å². The number of rotatable bonds is 3. The van der Waals surface area contributed by atoms with E-state index in [9.17, 15) is 0 Å². The molecule has 0 radical (unpaired) electrons. The van der Waals surface area contributed by atoms with Gasteiger partial charge in [-0.25, -0.2) is 0 Å². The number of fused-ring (bicyclic) bond motifs is 1. The van der Waals surface area contributed by atoms with E-state index in [1.54, 1.807) is 0 Å². The molecule has 70 valence electrons. The van der Waals surface area contributed by atoms with Crippen LogP contribution >= 0.6 is 0 Å². The molecule has 0 aromatic heterocycles. The van der Waals surface area contributed by atoms with Crippen LogP contribution in [0, 0.1) is 22.7 Å². The van der Waals surface area contributed by atoms with Crippen LogP contribution in [0.5, 0.6) is 0 Å². The highest BCUT2D eigenvalue weighted by Gasteiger charge is 2.77. The monoisotopic (exact) mass is 166 g/mol. The van der Waals surface area contributed by atoms with E-state index < -0.39 is 0 Å². The average molecular weight is 166 g/mol. The molecule has 0 heteroatoms. The molecule has 2 rings (SSSR count).